The molecular formula is CoF2K3O4P. The molecule has 0 aromatic carbocycles. The van der Waals surface area contributed by atoms with Crippen LogP contribution in [0.5, 0.6) is 0 Å². The molecule has 0 rings (SSSR count). The molecule has 0 N–H and O–H groups in total. The van der Waals surface area contributed by atoms with Crippen molar-refractivity contribution in [1.29, 1.82) is 0 Å². The van der Waals surface area contributed by atoms with Gasteiger partial charge in [0.15, 0.2) is 0 Å². The minimum Gasteiger partial charge on any atom is 1.00 e. The summed E-state index contributed by atoms with van der Waals surface area (Å²) in [5.41, 5.74) is 0. The largest absolute Gasteiger partial charge is 1.00 e. The van der Waals surface area contributed by atoms with Gasteiger partial charge in [-0.3, -0.25) is 0 Å². The Labute approximate surface area is 197 Å². The van der Waals surface area contributed by atoms with Gasteiger partial charge in [0, 0.05) is 0 Å². The number of halogens is 2. The summed E-state index contributed by atoms with van der Waals surface area (Å²) in [4.78, 5) is 25.6. The number of rotatable bonds is 0. The van der Waals surface area contributed by atoms with E-state index in [-0.39, 0.29) is 154 Å². The molecule has 0 heterocycles. The van der Waals surface area contributed by atoms with Crippen molar-refractivity contribution in [2.75, 3.05) is 0 Å². The van der Waals surface area contributed by atoms with E-state index in [0.29, 0.717) is 0 Å². The molecule has 55 valence electrons. The summed E-state index contributed by atoms with van der Waals surface area (Å²) in [5, 5.41) is 0. The fourth-order valence-corrected chi connectivity index (χ4v) is 0. The Balaban J connectivity index is -0.0000000183. The van der Waals surface area contributed by atoms with Crippen LogP contribution in [-0.4, -0.2) is 0 Å². The Bertz CT molecular complexity index is 79.1. The average molecular weight is 309 g/mol. The van der Waals surface area contributed by atoms with Crippen molar-refractivity contribution < 1.29 is 196 Å². The molecule has 0 saturated carbocycles. The van der Waals surface area contributed by atoms with E-state index in [1.54, 1.807) is 0 Å². The maximum Gasteiger partial charge on any atom is 1.00 e. The number of hydrogen-bond acceptors (Lipinski definition) is 4. The second-order valence-corrected chi connectivity index (χ2v) is 1.54. The van der Waals surface area contributed by atoms with E-state index in [1.807, 2.05) is 0 Å². The first-order valence-electron chi connectivity index (χ1n) is 0.982. The molecule has 0 radical (unpaired) electrons. The van der Waals surface area contributed by atoms with Crippen molar-refractivity contribution in [3.8, 4) is 0 Å². The van der Waals surface area contributed by atoms with Gasteiger partial charge in [-0.15, -0.1) is 0 Å². The second-order valence-electron chi connectivity index (χ2n) is 0.495. The summed E-state index contributed by atoms with van der Waals surface area (Å²) in [6.07, 6.45) is 0. The Morgan fingerprint density at radius 3 is 1.00 bits per heavy atom. The monoisotopic (exact) mass is 309 g/mol. The van der Waals surface area contributed by atoms with Gasteiger partial charge < -0.3 is 19.2 Å². The van der Waals surface area contributed by atoms with E-state index >= 15 is 0 Å². The molecule has 4 nitrogen and oxygen atoms in total. The van der Waals surface area contributed by atoms with Crippen LogP contribution in [0.1, 0.15) is 0 Å². The van der Waals surface area contributed by atoms with E-state index in [4.69, 9.17) is 19.2 Å². The zero-order valence-corrected chi connectivity index (χ0v) is 17.5. The normalized spacial score (nSPS) is 7.36. The minimum atomic E-state index is -5.39. The fraction of sp³-hybridized carbons (Fsp3) is 0. The van der Waals surface area contributed by atoms with E-state index in [9.17, 15) is 7.16 Å². The first-order chi connectivity index (χ1) is 3.41. The van der Waals surface area contributed by atoms with Crippen LogP contribution in [0.4, 0.5) is 7.16 Å². The Morgan fingerprint density at radius 2 is 1.00 bits per heavy atom. The van der Waals surface area contributed by atoms with Crippen molar-refractivity contribution in [3.05, 3.63) is 0 Å². The summed E-state index contributed by atoms with van der Waals surface area (Å²) >= 11 is -1.56. The Kier molecular flexibility index (Phi) is 56.5. The molecule has 11 heteroatoms. The van der Waals surface area contributed by atoms with Gasteiger partial charge in [-0.1, -0.05) is 0 Å². The summed E-state index contributed by atoms with van der Waals surface area (Å²) in [5.74, 6) is 0. The van der Waals surface area contributed by atoms with Crippen molar-refractivity contribution in [1.82, 2.24) is 0 Å². The van der Waals surface area contributed by atoms with Gasteiger partial charge in [-0.2, -0.15) is 7.82 Å². The number of hydrogen-bond donors (Lipinski definition) is 0. The van der Waals surface area contributed by atoms with Crippen molar-refractivity contribution in [3.63, 3.8) is 0 Å². The summed E-state index contributed by atoms with van der Waals surface area (Å²) in [6, 6.07) is 0. The van der Waals surface area contributed by atoms with Crippen LogP contribution in [0.3, 0.4) is 0 Å². The molecular weight excluding hydrogens is 309 g/mol. The van der Waals surface area contributed by atoms with Crippen molar-refractivity contribution in [2.45, 2.75) is 0 Å². The third kappa shape index (κ3) is 95.0. The topological polar surface area (TPSA) is 86.2 Å². The van der Waals surface area contributed by atoms with E-state index in [1.165, 1.54) is 0 Å². The van der Waals surface area contributed by atoms with Crippen LogP contribution in [0.2, 0.25) is 0 Å². The smallest absolute Gasteiger partial charge is 1.00 e. The molecule has 11 heavy (non-hydrogen) atoms. The van der Waals surface area contributed by atoms with Crippen molar-refractivity contribution in [2.24, 2.45) is 0 Å². The van der Waals surface area contributed by atoms with Crippen LogP contribution < -0.4 is 169 Å². The Hall–Kier alpha value is 5.39. The van der Waals surface area contributed by atoms with Gasteiger partial charge in [-0.25, -0.2) is 0 Å². The van der Waals surface area contributed by atoms with Gasteiger partial charge >= 0.3 is 177 Å². The van der Waals surface area contributed by atoms with Crippen LogP contribution in [0.25, 0.3) is 0 Å². The molecule has 0 saturated heterocycles. The summed E-state index contributed by atoms with van der Waals surface area (Å²) < 4.78 is 27.7. The van der Waals surface area contributed by atoms with Crippen LogP contribution in [-0.2, 0) is 20.2 Å². The standard InChI is InChI=1S/Co.2FH.3K.H3O4P/c;;;;;;1-5(2,3)4/h;2*1H;;;;(H3,1,2,3,4)/q+2;;;3*+1;/p-5. The molecule has 0 unspecified atom stereocenters. The molecule has 0 bridgehead atoms. The van der Waals surface area contributed by atoms with Gasteiger partial charge in [0.2, 0.25) is 0 Å². The molecule has 0 aliphatic rings. The van der Waals surface area contributed by atoms with E-state index in [0.717, 1.165) is 0 Å². The first-order valence-corrected chi connectivity index (χ1v) is 3.23. The van der Waals surface area contributed by atoms with E-state index in [2.05, 4.69) is 0 Å². The zero-order valence-electron chi connectivity index (χ0n) is 6.17. The minimum absolute atomic E-state index is 0. The maximum atomic E-state index is 9.59. The third-order valence-electron chi connectivity index (χ3n) is 0. The summed E-state index contributed by atoms with van der Waals surface area (Å²) in [6.45, 7) is 0. The maximum absolute atomic E-state index is 9.59. The van der Waals surface area contributed by atoms with Crippen molar-refractivity contribution >= 4 is 7.82 Å². The number of phosphoric acid groups is 1. The molecule has 0 aromatic rings. The molecule has 0 amide bonds. The van der Waals surface area contributed by atoms with Gasteiger partial charge in [0.25, 0.3) is 0 Å². The predicted octanol–water partition coefficient (Wildman–Crippen LogP) is -11.0. The zero-order chi connectivity index (χ0) is 7.21. The SMILES string of the molecule is O=P([O-])([O-])[O-].[F][Co][F].[K+].[K+].[K+]. The third-order valence-corrected chi connectivity index (χ3v) is 0. The molecule has 0 aliphatic heterocycles. The van der Waals surface area contributed by atoms with Gasteiger partial charge in [-0.05, 0) is 0 Å². The quantitative estimate of drug-likeness (QED) is 0.328. The van der Waals surface area contributed by atoms with Gasteiger partial charge in [0.1, 0.15) is 0 Å². The Morgan fingerprint density at radius 1 is 1.00 bits per heavy atom. The van der Waals surface area contributed by atoms with Crippen LogP contribution >= 0.6 is 7.82 Å². The molecule has 0 aliphatic carbocycles. The molecule has 0 spiro atoms. The molecule has 0 aromatic heterocycles. The second kappa shape index (κ2) is 20.8. The fourth-order valence-electron chi connectivity index (χ4n) is 0. The first kappa shape index (κ1) is 29.9. The van der Waals surface area contributed by atoms with Crippen LogP contribution in [0, 0.1) is 0 Å². The predicted molar refractivity (Wildman–Crippen MR) is 9.82 cm³/mol. The van der Waals surface area contributed by atoms with E-state index < -0.39 is 23.4 Å². The molecule has 0 atom stereocenters. The molecule has 0 fully saturated rings. The van der Waals surface area contributed by atoms with Gasteiger partial charge in [0.05, 0.1) is 0 Å². The van der Waals surface area contributed by atoms with Crippen LogP contribution in [0.15, 0.2) is 0 Å². The summed E-state index contributed by atoms with van der Waals surface area (Å²) in [7, 11) is -5.39. The average Bonchev–Trinajstić information content (AvgIpc) is 1.27.